The van der Waals surface area contributed by atoms with Crippen molar-refractivity contribution in [1.82, 2.24) is 24.3 Å². The predicted octanol–water partition coefficient (Wildman–Crippen LogP) is 5.48. The lowest BCUT2D eigenvalue weighted by atomic mass is 10.1. The van der Waals surface area contributed by atoms with E-state index in [2.05, 4.69) is 25.1 Å². The number of hydrogen-bond acceptors (Lipinski definition) is 6. The summed E-state index contributed by atoms with van der Waals surface area (Å²) in [5.74, 6) is -0.835. The molecule has 1 amide bonds. The van der Waals surface area contributed by atoms with Gasteiger partial charge in [0.1, 0.15) is 11.3 Å². The van der Waals surface area contributed by atoms with Crippen LogP contribution in [0.2, 0.25) is 0 Å². The molecule has 0 saturated heterocycles. The molecule has 0 atom stereocenters. The molecule has 3 heterocycles. The topological polar surface area (TPSA) is 118 Å². The van der Waals surface area contributed by atoms with Gasteiger partial charge in [0, 0.05) is 17.4 Å². The molecule has 5 rings (SSSR count). The number of sulfonamides is 1. The zero-order valence-electron chi connectivity index (χ0n) is 21.2. The molecule has 0 saturated carbocycles. The highest BCUT2D eigenvalue weighted by atomic mass is 32.2. The molecule has 0 aliphatic carbocycles. The molecule has 15 heteroatoms. The number of nitrogens with one attached hydrogen (secondary N) is 2. The van der Waals surface area contributed by atoms with Gasteiger partial charge >= 0.3 is 6.18 Å². The van der Waals surface area contributed by atoms with E-state index in [-0.39, 0.29) is 39.6 Å². The predicted molar refractivity (Wildman–Crippen MR) is 141 cm³/mol. The van der Waals surface area contributed by atoms with Crippen LogP contribution < -0.4 is 10.0 Å². The SMILES string of the molecule is O=C(Nc1cccc(S(=O)(=O)NCc2ccccn2)c1)c1cnn2c(C(F)F)cc(-c3ccc(C(F)(F)F)cc3)nc12. The molecule has 216 valence electrons. The minimum Gasteiger partial charge on any atom is -0.322 e. The maximum Gasteiger partial charge on any atom is 0.416 e. The molecule has 0 fully saturated rings. The molecule has 0 bridgehead atoms. The van der Waals surface area contributed by atoms with Gasteiger partial charge in [0.15, 0.2) is 5.65 Å². The first-order chi connectivity index (χ1) is 19.9. The average molecular weight is 603 g/mol. The van der Waals surface area contributed by atoms with Crippen molar-refractivity contribution in [2.75, 3.05) is 5.32 Å². The Kier molecular flexibility index (Phi) is 7.71. The highest BCUT2D eigenvalue weighted by Gasteiger charge is 2.30. The zero-order valence-corrected chi connectivity index (χ0v) is 22.0. The molecule has 2 N–H and O–H groups in total. The first-order valence-corrected chi connectivity index (χ1v) is 13.6. The van der Waals surface area contributed by atoms with E-state index >= 15 is 0 Å². The molecular weight excluding hydrogens is 583 g/mol. The van der Waals surface area contributed by atoms with Gasteiger partial charge in [0.25, 0.3) is 12.3 Å². The van der Waals surface area contributed by atoms with Crippen LogP contribution in [0.1, 0.15) is 33.7 Å². The summed E-state index contributed by atoms with van der Waals surface area (Å²) >= 11 is 0. The second-order valence-electron chi connectivity index (χ2n) is 8.86. The molecule has 3 aromatic heterocycles. The summed E-state index contributed by atoms with van der Waals surface area (Å²) in [6.45, 7) is -0.0679. The Balaban J connectivity index is 1.43. The lowest BCUT2D eigenvalue weighted by Gasteiger charge is -2.11. The van der Waals surface area contributed by atoms with E-state index < -0.39 is 39.8 Å². The smallest absolute Gasteiger partial charge is 0.322 e. The third-order valence-electron chi connectivity index (χ3n) is 6.05. The Morgan fingerprint density at radius 1 is 0.976 bits per heavy atom. The highest BCUT2D eigenvalue weighted by Crippen LogP contribution is 2.32. The van der Waals surface area contributed by atoms with Gasteiger partial charge in [0.2, 0.25) is 10.0 Å². The van der Waals surface area contributed by atoms with Crippen molar-refractivity contribution < 1.29 is 35.2 Å². The number of nitrogens with zero attached hydrogens (tertiary/aromatic N) is 4. The van der Waals surface area contributed by atoms with Gasteiger partial charge < -0.3 is 5.32 Å². The van der Waals surface area contributed by atoms with Crippen molar-refractivity contribution in [3.05, 3.63) is 108 Å². The summed E-state index contributed by atoms with van der Waals surface area (Å²) in [6.07, 6.45) is -5.12. The van der Waals surface area contributed by atoms with Crippen molar-refractivity contribution in [2.24, 2.45) is 0 Å². The fourth-order valence-corrected chi connectivity index (χ4v) is 5.02. The first-order valence-electron chi connectivity index (χ1n) is 12.1. The van der Waals surface area contributed by atoms with E-state index in [1.54, 1.807) is 18.2 Å². The molecular formula is C27H19F5N6O3S. The number of hydrogen-bond donors (Lipinski definition) is 2. The van der Waals surface area contributed by atoms with Crippen LogP contribution in [-0.4, -0.2) is 33.9 Å². The van der Waals surface area contributed by atoms with E-state index in [9.17, 15) is 35.2 Å². The number of aromatic nitrogens is 4. The Morgan fingerprint density at radius 2 is 1.74 bits per heavy atom. The van der Waals surface area contributed by atoms with Crippen molar-refractivity contribution >= 4 is 27.3 Å². The summed E-state index contributed by atoms with van der Waals surface area (Å²) in [7, 11) is -3.99. The minimum absolute atomic E-state index is 0.0679. The monoisotopic (exact) mass is 602 g/mol. The summed E-state index contributed by atoms with van der Waals surface area (Å²) < 4.78 is 95.4. The average Bonchev–Trinajstić information content (AvgIpc) is 3.40. The second kappa shape index (κ2) is 11.3. The van der Waals surface area contributed by atoms with Gasteiger partial charge in [0.05, 0.1) is 34.6 Å². The van der Waals surface area contributed by atoms with Crippen LogP contribution in [0.25, 0.3) is 16.9 Å². The molecule has 9 nitrogen and oxygen atoms in total. The number of alkyl halides is 5. The van der Waals surface area contributed by atoms with Crippen molar-refractivity contribution in [3.63, 3.8) is 0 Å². The van der Waals surface area contributed by atoms with Crippen molar-refractivity contribution in [3.8, 4) is 11.3 Å². The maximum absolute atomic E-state index is 13.9. The number of carbonyl (C=O) groups excluding carboxylic acids is 1. The molecule has 42 heavy (non-hydrogen) atoms. The van der Waals surface area contributed by atoms with Gasteiger partial charge in [-0.3, -0.25) is 9.78 Å². The number of benzene rings is 2. The Morgan fingerprint density at radius 3 is 2.40 bits per heavy atom. The highest BCUT2D eigenvalue weighted by molar-refractivity contribution is 7.89. The minimum atomic E-state index is -4.59. The number of amides is 1. The molecule has 0 aliphatic rings. The van der Waals surface area contributed by atoms with Crippen LogP contribution in [0.4, 0.5) is 27.6 Å². The zero-order chi connectivity index (χ0) is 30.1. The normalized spacial score (nSPS) is 12.1. The fraction of sp³-hybridized carbons (Fsp3) is 0.111. The first kappa shape index (κ1) is 28.8. The Bertz CT molecular complexity index is 1860. The van der Waals surface area contributed by atoms with Crippen LogP contribution >= 0.6 is 0 Å². The summed E-state index contributed by atoms with van der Waals surface area (Å²) in [6, 6.07) is 15.1. The molecule has 0 spiro atoms. The molecule has 2 aromatic carbocycles. The second-order valence-corrected chi connectivity index (χ2v) is 10.6. The maximum atomic E-state index is 13.9. The van der Waals surface area contributed by atoms with E-state index in [1.165, 1.54) is 30.5 Å². The number of anilines is 1. The van der Waals surface area contributed by atoms with Gasteiger partial charge in [-0.15, -0.1) is 0 Å². The molecule has 5 aromatic rings. The quantitative estimate of drug-likeness (QED) is 0.227. The van der Waals surface area contributed by atoms with Gasteiger partial charge in [-0.05, 0) is 48.5 Å². The van der Waals surface area contributed by atoms with Crippen molar-refractivity contribution in [2.45, 2.75) is 24.0 Å². The van der Waals surface area contributed by atoms with Crippen LogP contribution in [0.3, 0.4) is 0 Å². The lowest BCUT2D eigenvalue weighted by Crippen LogP contribution is -2.24. The summed E-state index contributed by atoms with van der Waals surface area (Å²) in [5.41, 5.74) is -1.50. The molecule has 0 aliphatic heterocycles. The van der Waals surface area contributed by atoms with Crippen molar-refractivity contribution in [1.29, 1.82) is 0 Å². The standard InChI is InChI=1S/C27H19F5N6O3S/c28-24(29)23-13-22(16-7-9-17(10-8-16)27(30,31)32)37-25-21(15-34-38(23)25)26(39)36-18-5-3-6-20(12-18)42(40,41)35-14-19-4-1-2-11-33-19/h1-13,15,24,35H,14H2,(H,36,39). The fourth-order valence-electron chi connectivity index (χ4n) is 3.97. The van der Waals surface area contributed by atoms with Gasteiger partial charge in [-0.25, -0.2) is 31.4 Å². The van der Waals surface area contributed by atoms with Crippen LogP contribution in [0, 0.1) is 0 Å². The number of halogens is 5. The summed E-state index contributed by atoms with van der Waals surface area (Å²) in [4.78, 5) is 21.3. The lowest BCUT2D eigenvalue weighted by molar-refractivity contribution is -0.137. The van der Waals surface area contributed by atoms with E-state index in [1.807, 2.05) is 0 Å². The molecule has 0 unspecified atom stereocenters. The Hall–Kier alpha value is -4.76. The van der Waals surface area contributed by atoms with Crippen LogP contribution in [-0.2, 0) is 22.7 Å². The molecule has 0 radical (unpaired) electrons. The number of pyridine rings is 1. The third-order valence-corrected chi connectivity index (χ3v) is 7.45. The van der Waals surface area contributed by atoms with E-state index in [0.717, 1.165) is 41.0 Å². The third kappa shape index (κ3) is 6.11. The van der Waals surface area contributed by atoms with Crippen LogP contribution in [0.15, 0.2) is 90.1 Å². The summed E-state index contributed by atoms with van der Waals surface area (Å²) in [5, 5.41) is 6.35. The number of carbonyl (C=O) groups is 1. The largest absolute Gasteiger partial charge is 0.416 e. The number of rotatable bonds is 8. The Labute approximate surface area is 235 Å². The van der Waals surface area contributed by atoms with Crippen LogP contribution in [0.5, 0.6) is 0 Å². The van der Waals surface area contributed by atoms with E-state index in [4.69, 9.17) is 0 Å². The van der Waals surface area contributed by atoms with E-state index in [0.29, 0.717) is 5.69 Å². The number of fused-ring (bicyclic) bond motifs is 1. The van der Waals surface area contributed by atoms with Gasteiger partial charge in [-0.2, -0.15) is 18.3 Å². The van der Waals surface area contributed by atoms with Gasteiger partial charge in [-0.1, -0.05) is 24.3 Å².